The third kappa shape index (κ3) is 3.68. The quantitative estimate of drug-likeness (QED) is 0.676. The molecule has 0 amide bonds. The molecule has 0 saturated heterocycles. The SMILES string of the molecule is COc1ccc2[nH]cc(CCNS(=O)(=O)c3ccc(Cl)c(C#N)c3)c2c1. The summed E-state index contributed by atoms with van der Waals surface area (Å²) in [5.74, 6) is 0.740. The minimum absolute atomic E-state index is 0.0130. The number of hydrogen-bond acceptors (Lipinski definition) is 4. The van der Waals surface area contributed by atoms with Gasteiger partial charge in [0.2, 0.25) is 10.0 Å². The minimum Gasteiger partial charge on any atom is -0.497 e. The molecule has 3 aromatic rings. The second kappa shape index (κ2) is 7.38. The number of hydrogen-bond donors (Lipinski definition) is 2. The number of ether oxygens (including phenoxy) is 1. The van der Waals surface area contributed by atoms with Crippen molar-refractivity contribution in [1.82, 2.24) is 9.71 Å². The number of nitriles is 1. The number of H-pyrrole nitrogens is 1. The first-order valence-corrected chi connectivity index (χ1v) is 9.64. The Balaban J connectivity index is 1.74. The Morgan fingerprint density at radius 3 is 2.81 bits per heavy atom. The molecule has 3 rings (SSSR count). The van der Waals surface area contributed by atoms with Crippen LogP contribution in [-0.2, 0) is 16.4 Å². The second-order valence-corrected chi connectivity index (χ2v) is 7.80. The molecule has 26 heavy (non-hydrogen) atoms. The number of aromatic amines is 1. The number of aromatic nitrogens is 1. The van der Waals surface area contributed by atoms with Gasteiger partial charge in [-0.15, -0.1) is 0 Å². The summed E-state index contributed by atoms with van der Waals surface area (Å²) < 4.78 is 32.6. The van der Waals surface area contributed by atoms with E-state index in [0.717, 1.165) is 22.2 Å². The maximum absolute atomic E-state index is 12.4. The lowest BCUT2D eigenvalue weighted by Crippen LogP contribution is -2.26. The molecule has 0 saturated carbocycles. The second-order valence-electron chi connectivity index (χ2n) is 5.63. The molecule has 0 aliphatic rings. The van der Waals surface area contributed by atoms with Crippen LogP contribution in [0.1, 0.15) is 11.1 Å². The van der Waals surface area contributed by atoms with Gasteiger partial charge in [0.25, 0.3) is 0 Å². The first kappa shape index (κ1) is 18.3. The molecule has 0 atom stereocenters. The molecule has 1 heterocycles. The number of benzene rings is 2. The lowest BCUT2D eigenvalue weighted by atomic mass is 10.1. The maximum Gasteiger partial charge on any atom is 0.240 e. The number of nitrogens with one attached hydrogen (secondary N) is 2. The van der Waals surface area contributed by atoms with E-state index in [1.165, 1.54) is 18.2 Å². The number of sulfonamides is 1. The van der Waals surface area contributed by atoms with Crippen LogP contribution in [0.5, 0.6) is 5.75 Å². The van der Waals surface area contributed by atoms with E-state index in [0.29, 0.717) is 6.42 Å². The van der Waals surface area contributed by atoms with Gasteiger partial charge in [0.15, 0.2) is 0 Å². The van der Waals surface area contributed by atoms with Crippen molar-refractivity contribution in [3.8, 4) is 11.8 Å². The van der Waals surface area contributed by atoms with E-state index in [2.05, 4.69) is 9.71 Å². The molecule has 2 N–H and O–H groups in total. The predicted octanol–water partition coefficient (Wildman–Crippen LogP) is 3.22. The molecule has 0 spiro atoms. The van der Waals surface area contributed by atoms with Gasteiger partial charge in [-0.05, 0) is 48.4 Å². The van der Waals surface area contributed by atoms with Gasteiger partial charge in [-0.1, -0.05) is 11.6 Å². The Bertz CT molecular complexity index is 1100. The Kier molecular flexibility index (Phi) is 5.18. The van der Waals surface area contributed by atoms with Crippen LogP contribution in [0.4, 0.5) is 0 Å². The van der Waals surface area contributed by atoms with Gasteiger partial charge in [-0.2, -0.15) is 5.26 Å². The van der Waals surface area contributed by atoms with E-state index in [9.17, 15) is 8.42 Å². The summed E-state index contributed by atoms with van der Waals surface area (Å²) in [7, 11) is -2.12. The van der Waals surface area contributed by atoms with Gasteiger partial charge < -0.3 is 9.72 Å². The van der Waals surface area contributed by atoms with E-state index in [1.54, 1.807) is 7.11 Å². The van der Waals surface area contributed by atoms with E-state index in [1.807, 2.05) is 30.5 Å². The zero-order valence-corrected chi connectivity index (χ0v) is 15.5. The standard InChI is InChI=1S/C18H16ClN3O3S/c1-25-14-2-5-18-16(9-14)12(11-21-18)6-7-22-26(23,24)15-3-4-17(19)13(8-15)10-20/h2-5,8-9,11,21-22H,6-7H2,1H3. The van der Waals surface area contributed by atoms with Gasteiger partial charge in [0, 0.05) is 23.6 Å². The fraction of sp³-hybridized carbons (Fsp3) is 0.167. The van der Waals surface area contributed by atoms with Crippen molar-refractivity contribution in [3.05, 3.63) is 58.7 Å². The highest BCUT2D eigenvalue weighted by Crippen LogP contribution is 2.24. The van der Waals surface area contributed by atoms with Crippen LogP contribution in [0.25, 0.3) is 10.9 Å². The largest absolute Gasteiger partial charge is 0.497 e. The number of rotatable bonds is 6. The predicted molar refractivity (Wildman–Crippen MR) is 99.9 cm³/mol. The molecule has 0 fully saturated rings. The van der Waals surface area contributed by atoms with E-state index < -0.39 is 10.0 Å². The smallest absolute Gasteiger partial charge is 0.240 e. The van der Waals surface area contributed by atoms with Crippen molar-refractivity contribution >= 4 is 32.5 Å². The highest BCUT2D eigenvalue weighted by atomic mass is 35.5. The molecular formula is C18H16ClN3O3S. The maximum atomic E-state index is 12.4. The molecule has 134 valence electrons. The van der Waals surface area contributed by atoms with Crippen molar-refractivity contribution in [2.75, 3.05) is 13.7 Å². The number of methoxy groups -OCH3 is 1. The summed E-state index contributed by atoms with van der Waals surface area (Å²) >= 11 is 5.85. The Hall–Kier alpha value is -2.53. The van der Waals surface area contributed by atoms with Crippen LogP contribution in [0, 0.1) is 11.3 Å². The summed E-state index contributed by atoms with van der Waals surface area (Å²) in [6, 6.07) is 11.6. The van der Waals surface area contributed by atoms with Crippen LogP contribution in [-0.4, -0.2) is 27.1 Å². The van der Waals surface area contributed by atoms with E-state index in [4.69, 9.17) is 21.6 Å². The normalized spacial score (nSPS) is 11.4. The van der Waals surface area contributed by atoms with Crippen LogP contribution in [0.3, 0.4) is 0 Å². The highest BCUT2D eigenvalue weighted by Gasteiger charge is 2.16. The van der Waals surface area contributed by atoms with Crippen LogP contribution in [0.2, 0.25) is 5.02 Å². The zero-order chi connectivity index (χ0) is 18.7. The van der Waals surface area contributed by atoms with Crippen molar-refractivity contribution < 1.29 is 13.2 Å². The summed E-state index contributed by atoms with van der Waals surface area (Å²) in [6.07, 6.45) is 2.36. The first-order chi connectivity index (χ1) is 12.4. The molecular weight excluding hydrogens is 374 g/mol. The summed E-state index contributed by atoms with van der Waals surface area (Å²) in [4.78, 5) is 3.17. The van der Waals surface area contributed by atoms with Crippen molar-refractivity contribution in [2.45, 2.75) is 11.3 Å². The lowest BCUT2D eigenvalue weighted by Gasteiger charge is -2.07. The van der Waals surface area contributed by atoms with Gasteiger partial charge >= 0.3 is 0 Å². The Morgan fingerprint density at radius 1 is 1.27 bits per heavy atom. The average Bonchev–Trinajstić information content (AvgIpc) is 3.04. The van der Waals surface area contributed by atoms with Crippen LogP contribution >= 0.6 is 11.6 Å². The summed E-state index contributed by atoms with van der Waals surface area (Å²) in [6.45, 7) is 0.219. The van der Waals surface area contributed by atoms with Crippen LogP contribution in [0.15, 0.2) is 47.5 Å². The molecule has 6 nitrogen and oxygen atoms in total. The third-order valence-electron chi connectivity index (χ3n) is 4.03. The molecule has 8 heteroatoms. The van der Waals surface area contributed by atoms with Gasteiger partial charge in [-0.25, -0.2) is 13.1 Å². The minimum atomic E-state index is -3.72. The fourth-order valence-electron chi connectivity index (χ4n) is 2.65. The number of halogens is 1. The molecule has 0 radical (unpaired) electrons. The molecule has 2 aromatic carbocycles. The fourth-order valence-corrected chi connectivity index (χ4v) is 3.87. The number of fused-ring (bicyclic) bond motifs is 1. The van der Waals surface area contributed by atoms with E-state index in [-0.39, 0.29) is 22.0 Å². The zero-order valence-electron chi connectivity index (χ0n) is 13.9. The van der Waals surface area contributed by atoms with Gasteiger partial charge in [0.05, 0.1) is 22.6 Å². The third-order valence-corrected chi connectivity index (χ3v) is 5.82. The van der Waals surface area contributed by atoms with Crippen molar-refractivity contribution in [1.29, 1.82) is 5.26 Å². The number of nitrogens with zero attached hydrogens (tertiary/aromatic N) is 1. The monoisotopic (exact) mass is 389 g/mol. The lowest BCUT2D eigenvalue weighted by molar-refractivity contribution is 0.415. The average molecular weight is 390 g/mol. The first-order valence-electron chi connectivity index (χ1n) is 7.78. The molecule has 0 bridgehead atoms. The Labute approximate surface area is 156 Å². The molecule has 1 aromatic heterocycles. The van der Waals surface area contributed by atoms with Crippen molar-refractivity contribution in [2.24, 2.45) is 0 Å². The van der Waals surface area contributed by atoms with Crippen molar-refractivity contribution in [3.63, 3.8) is 0 Å². The summed E-state index contributed by atoms with van der Waals surface area (Å²) in [5, 5.41) is 10.2. The molecule has 0 aliphatic carbocycles. The molecule has 0 aliphatic heterocycles. The highest BCUT2D eigenvalue weighted by molar-refractivity contribution is 7.89. The topological polar surface area (TPSA) is 95.0 Å². The van der Waals surface area contributed by atoms with Gasteiger partial charge in [0.1, 0.15) is 11.8 Å². The summed E-state index contributed by atoms with van der Waals surface area (Å²) in [5.41, 5.74) is 2.06. The molecule has 0 unspecified atom stereocenters. The van der Waals surface area contributed by atoms with Crippen LogP contribution < -0.4 is 9.46 Å². The Morgan fingerprint density at radius 2 is 2.08 bits per heavy atom. The van der Waals surface area contributed by atoms with E-state index >= 15 is 0 Å². The van der Waals surface area contributed by atoms with Gasteiger partial charge in [-0.3, -0.25) is 0 Å².